The van der Waals surface area contributed by atoms with Crippen LogP contribution in [0.3, 0.4) is 0 Å². The van der Waals surface area contributed by atoms with Crippen molar-refractivity contribution in [1.82, 2.24) is 14.8 Å². The molecule has 1 aromatic heterocycles. The van der Waals surface area contributed by atoms with Gasteiger partial charge in [0.1, 0.15) is 6.33 Å². The van der Waals surface area contributed by atoms with E-state index in [1.807, 2.05) is 7.05 Å². The maximum atomic E-state index is 6.05. The Morgan fingerprint density at radius 1 is 1.18 bits per heavy atom. The average molecular weight is 305 g/mol. The van der Waals surface area contributed by atoms with E-state index in [1.165, 1.54) is 50.5 Å². The first-order valence-corrected chi connectivity index (χ1v) is 8.90. The van der Waals surface area contributed by atoms with Crippen molar-refractivity contribution in [3.63, 3.8) is 0 Å². The second kappa shape index (κ2) is 9.09. The van der Waals surface area contributed by atoms with Crippen LogP contribution in [0, 0.1) is 5.92 Å². The van der Waals surface area contributed by atoms with Crippen molar-refractivity contribution in [2.24, 2.45) is 13.0 Å². The Balaban J connectivity index is 1.80. The maximum absolute atomic E-state index is 6.05. The number of aromatic nitrogens is 3. The van der Waals surface area contributed by atoms with Crippen molar-refractivity contribution in [1.29, 1.82) is 0 Å². The molecular weight excluding hydrogens is 274 g/mol. The van der Waals surface area contributed by atoms with E-state index < -0.39 is 0 Å². The van der Waals surface area contributed by atoms with Gasteiger partial charge in [-0.2, -0.15) is 5.10 Å². The highest BCUT2D eigenvalue weighted by Gasteiger charge is 2.24. The van der Waals surface area contributed by atoms with Crippen LogP contribution >= 0.6 is 0 Å². The molecule has 1 aromatic rings. The lowest BCUT2D eigenvalue weighted by Crippen LogP contribution is -2.24. The Morgan fingerprint density at radius 3 is 2.59 bits per heavy atom. The van der Waals surface area contributed by atoms with Crippen LogP contribution < -0.4 is 0 Å². The van der Waals surface area contributed by atoms with Crippen molar-refractivity contribution in [3.8, 4) is 0 Å². The number of unbranched alkanes of at least 4 members (excludes halogenated alkanes) is 6. The van der Waals surface area contributed by atoms with Crippen LogP contribution in [0.15, 0.2) is 12.4 Å². The molecule has 124 valence electrons. The molecule has 0 aromatic carbocycles. The van der Waals surface area contributed by atoms with Crippen molar-refractivity contribution >= 4 is 5.57 Å². The zero-order chi connectivity index (χ0) is 15.8. The number of nitrogens with zero attached hydrogens (tertiary/aromatic N) is 3. The fraction of sp³-hybridized carbons (Fsp3) is 0.778. The molecule has 0 aliphatic carbocycles. The Hall–Kier alpha value is -1.16. The summed E-state index contributed by atoms with van der Waals surface area (Å²) in [4.78, 5) is 4.41. The first-order chi connectivity index (χ1) is 10.7. The van der Waals surface area contributed by atoms with Gasteiger partial charge in [-0.1, -0.05) is 64.9 Å². The molecule has 4 nitrogen and oxygen atoms in total. The predicted molar refractivity (Wildman–Crippen MR) is 90.5 cm³/mol. The quantitative estimate of drug-likeness (QED) is 0.636. The summed E-state index contributed by atoms with van der Waals surface area (Å²) in [6, 6.07) is 0. The molecule has 0 bridgehead atoms. The minimum atomic E-state index is 0.175. The minimum absolute atomic E-state index is 0.175. The third-order valence-electron chi connectivity index (χ3n) is 4.30. The van der Waals surface area contributed by atoms with Gasteiger partial charge in [-0.25, -0.2) is 4.98 Å². The zero-order valence-corrected chi connectivity index (χ0v) is 14.4. The van der Waals surface area contributed by atoms with E-state index >= 15 is 0 Å². The lowest BCUT2D eigenvalue weighted by Gasteiger charge is -2.26. The van der Waals surface area contributed by atoms with Crippen LogP contribution in [0.4, 0.5) is 0 Å². The van der Waals surface area contributed by atoms with Crippen molar-refractivity contribution in [2.45, 2.75) is 71.3 Å². The standard InChI is InChI=1S/C18H31N3O/c1-4-5-6-7-8-9-10-11-17-16(12-15(2)13-22-17)18-19-14-21(3)20-18/h12,14-15,17H,4-11,13H2,1-3H3/t15-,17+/m1/s1. The minimum Gasteiger partial charge on any atom is -0.373 e. The maximum Gasteiger partial charge on any atom is 0.179 e. The van der Waals surface area contributed by atoms with Gasteiger partial charge in [0, 0.05) is 12.6 Å². The molecule has 0 radical (unpaired) electrons. The van der Waals surface area contributed by atoms with Crippen LogP contribution in [0.25, 0.3) is 5.57 Å². The molecule has 1 aliphatic heterocycles. The normalized spacial score (nSPS) is 21.9. The van der Waals surface area contributed by atoms with Crippen LogP contribution in [0.2, 0.25) is 0 Å². The van der Waals surface area contributed by atoms with E-state index in [2.05, 4.69) is 30.0 Å². The summed E-state index contributed by atoms with van der Waals surface area (Å²) >= 11 is 0. The van der Waals surface area contributed by atoms with E-state index in [4.69, 9.17) is 4.74 Å². The number of ether oxygens (including phenoxy) is 1. The molecule has 0 amide bonds. The summed E-state index contributed by atoms with van der Waals surface area (Å²) in [5.74, 6) is 1.28. The fourth-order valence-electron chi connectivity index (χ4n) is 3.04. The van der Waals surface area contributed by atoms with Crippen molar-refractivity contribution in [2.75, 3.05) is 6.61 Å². The Labute approximate surface area is 135 Å². The summed E-state index contributed by atoms with van der Waals surface area (Å²) in [7, 11) is 1.91. The predicted octanol–water partition coefficient (Wildman–Crippen LogP) is 4.37. The van der Waals surface area contributed by atoms with Crippen LogP contribution in [-0.2, 0) is 11.8 Å². The van der Waals surface area contributed by atoms with Gasteiger partial charge in [0.15, 0.2) is 5.82 Å². The van der Waals surface area contributed by atoms with Gasteiger partial charge in [0.2, 0.25) is 0 Å². The summed E-state index contributed by atoms with van der Waals surface area (Å²) in [5, 5.41) is 4.45. The van der Waals surface area contributed by atoms with E-state index in [0.29, 0.717) is 5.92 Å². The summed E-state index contributed by atoms with van der Waals surface area (Å²) in [5.41, 5.74) is 1.19. The van der Waals surface area contributed by atoms with Gasteiger partial charge in [0.05, 0.1) is 12.7 Å². The van der Waals surface area contributed by atoms with Crippen molar-refractivity contribution < 1.29 is 4.74 Å². The summed E-state index contributed by atoms with van der Waals surface area (Å²) < 4.78 is 7.82. The van der Waals surface area contributed by atoms with Gasteiger partial charge in [-0.05, 0) is 12.3 Å². The largest absolute Gasteiger partial charge is 0.373 e. The van der Waals surface area contributed by atoms with Gasteiger partial charge < -0.3 is 4.74 Å². The molecule has 1 aliphatic rings. The van der Waals surface area contributed by atoms with Gasteiger partial charge in [0.25, 0.3) is 0 Å². The molecule has 0 saturated carbocycles. The lowest BCUT2D eigenvalue weighted by atomic mass is 9.95. The second-order valence-electron chi connectivity index (χ2n) is 6.57. The molecule has 2 atom stereocenters. The van der Waals surface area contributed by atoms with Gasteiger partial charge in [-0.15, -0.1) is 0 Å². The second-order valence-corrected chi connectivity index (χ2v) is 6.57. The Bertz CT molecular complexity index is 467. The molecule has 2 rings (SSSR count). The molecule has 0 unspecified atom stereocenters. The molecule has 4 heteroatoms. The van der Waals surface area contributed by atoms with E-state index in [0.717, 1.165) is 18.9 Å². The summed E-state index contributed by atoms with van der Waals surface area (Å²) in [6.07, 6.45) is 14.7. The molecule has 0 saturated heterocycles. The molecule has 2 heterocycles. The fourth-order valence-corrected chi connectivity index (χ4v) is 3.04. The van der Waals surface area contributed by atoms with E-state index in [-0.39, 0.29) is 6.10 Å². The summed E-state index contributed by atoms with van der Waals surface area (Å²) in [6.45, 7) is 5.27. The highest BCUT2D eigenvalue weighted by Crippen LogP contribution is 2.28. The molecule has 22 heavy (non-hydrogen) atoms. The third kappa shape index (κ3) is 5.24. The number of hydrogen-bond acceptors (Lipinski definition) is 3. The molecule has 0 fully saturated rings. The Kier molecular flexibility index (Phi) is 7.10. The van der Waals surface area contributed by atoms with Gasteiger partial charge >= 0.3 is 0 Å². The highest BCUT2D eigenvalue weighted by atomic mass is 16.5. The lowest BCUT2D eigenvalue weighted by molar-refractivity contribution is 0.0599. The molecular formula is C18H31N3O. The average Bonchev–Trinajstić information content (AvgIpc) is 2.94. The monoisotopic (exact) mass is 305 g/mol. The molecule has 0 N–H and O–H groups in total. The third-order valence-corrected chi connectivity index (χ3v) is 4.30. The van der Waals surface area contributed by atoms with Crippen LogP contribution in [0.5, 0.6) is 0 Å². The van der Waals surface area contributed by atoms with Crippen LogP contribution in [0.1, 0.15) is 71.0 Å². The topological polar surface area (TPSA) is 39.9 Å². The van der Waals surface area contributed by atoms with E-state index in [1.54, 1.807) is 11.0 Å². The Morgan fingerprint density at radius 2 is 1.91 bits per heavy atom. The number of aryl methyl sites for hydroxylation is 1. The highest BCUT2D eigenvalue weighted by molar-refractivity contribution is 5.64. The van der Waals surface area contributed by atoms with E-state index in [9.17, 15) is 0 Å². The first kappa shape index (κ1) is 17.2. The smallest absolute Gasteiger partial charge is 0.179 e. The van der Waals surface area contributed by atoms with Gasteiger partial charge in [-0.3, -0.25) is 4.68 Å². The SMILES string of the molecule is CCCCCCCCC[C@@H]1OC[C@H](C)C=C1c1ncn(C)n1. The first-order valence-electron chi connectivity index (χ1n) is 8.90. The zero-order valence-electron chi connectivity index (χ0n) is 14.4. The molecule has 0 spiro atoms. The van der Waals surface area contributed by atoms with Crippen molar-refractivity contribution in [3.05, 3.63) is 18.2 Å². The number of rotatable bonds is 9. The van der Waals surface area contributed by atoms with Crippen LogP contribution in [-0.4, -0.2) is 27.5 Å². The number of hydrogen-bond donors (Lipinski definition) is 0.